The van der Waals surface area contributed by atoms with Gasteiger partial charge in [-0.3, -0.25) is 4.79 Å². The highest BCUT2D eigenvalue weighted by Crippen LogP contribution is 2.31. The van der Waals surface area contributed by atoms with Crippen molar-refractivity contribution in [3.63, 3.8) is 0 Å². The summed E-state index contributed by atoms with van der Waals surface area (Å²) in [4.78, 5) is 11.8. The van der Waals surface area contributed by atoms with Crippen LogP contribution in [0.2, 0.25) is 0 Å². The number of nitrogens with one attached hydrogen (secondary N) is 1. The summed E-state index contributed by atoms with van der Waals surface area (Å²) in [6, 6.07) is 9.92. The minimum Gasteiger partial charge on any atom is -0.267 e. The molecule has 0 amide bonds. The highest BCUT2D eigenvalue weighted by atomic mass is 32.1. The number of rotatable bonds is 1. The van der Waals surface area contributed by atoms with Crippen molar-refractivity contribution >= 4 is 21.4 Å². The number of fused-ring (bicyclic) bond motifs is 1. The van der Waals surface area contributed by atoms with E-state index in [9.17, 15) is 4.79 Å². The Kier molecular flexibility index (Phi) is 2.30. The van der Waals surface area contributed by atoms with E-state index in [1.54, 1.807) is 11.3 Å². The third-order valence-corrected chi connectivity index (χ3v) is 3.67. The number of thiophene rings is 1. The fourth-order valence-electron chi connectivity index (χ4n) is 1.89. The van der Waals surface area contributed by atoms with Gasteiger partial charge in [-0.2, -0.15) is 5.10 Å². The molecule has 0 aliphatic carbocycles. The summed E-state index contributed by atoms with van der Waals surface area (Å²) in [5, 5.41) is 9.56. The molecule has 0 atom stereocenters. The second-order valence-corrected chi connectivity index (χ2v) is 4.81. The minimum absolute atomic E-state index is 0.140. The lowest BCUT2D eigenvalue weighted by Crippen LogP contribution is -2.11. The lowest BCUT2D eigenvalue weighted by Gasteiger charge is -1.99. The van der Waals surface area contributed by atoms with Gasteiger partial charge in [0.05, 0.1) is 11.3 Å². The predicted molar refractivity (Wildman–Crippen MR) is 70.4 cm³/mol. The molecule has 1 N–H and O–H groups in total. The first-order valence-electron chi connectivity index (χ1n) is 5.28. The number of nitrogens with zero attached hydrogens (tertiary/aromatic N) is 1. The van der Waals surface area contributed by atoms with Crippen molar-refractivity contribution in [2.24, 2.45) is 0 Å². The molecule has 17 heavy (non-hydrogen) atoms. The maximum atomic E-state index is 11.8. The molecule has 0 aliphatic heterocycles. The van der Waals surface area contributed by atoms with Crippen molar-refractivity contribution in [1.29, 1.82) is 0 Å². The summed E-state index contributed by atoms with van der Waals surface area (Å²) < 4.78 is 1.19. The molecule has 0 saturated carbocycles. The maximum absolute atomic E-state index is 11.8. The number of aryl methyl sites for hydroxylation is 1. The third kappa shape index (κ3) is 1.66. The highest BCUT2D eigenvalue weighted by molar-refractivity contribution is 7.17. The van der Waals surface area contributed by atoms with Crippen LogP contribution in [0.5, 0.6) is 0 Å². The number of hydrogen-bond acceptors (Lipinski definition) is 3. The fraction of sp³-hybridized carbons (Fsp3) is 0.0769. The van der Waals surface area contributed by atoms with Crippen molar-refractivity contribution in [2.75, 3.05) is 0 Å². The van der Waals surface area contributed by atoms with E-state index >= 15 is 0 Å². The van der Waals surface area contributed by atoms with Gasteiger partial charge in [-0.25, -0.2) is 5.10 Å². The molecule has 2 aromatic heterocycles. The van der Waals surface area contributed by atoms with Crippen molar-refractivity contribution in [1.82, 2.24) is 10.2 Å². The molecule has 1 aromatic carbocycles. The van der Waals surface area contributed by atoms with Crippen molar-refractivity contribution < 1.29 is 0 Å². The molecule has 4 heteroatoms. The van der Waals surface area contributed by atoms with Gasteiger partial charge in [0.15, 0.2) is 0 Å². The number of aromatic nitrogens is 2. The van der Waals surface area contributed by atoms with Crippen molar-refractivity contribution in [3.05, 3.63) is 51.8 Å². The average Bonchev–Trinajstić information content (AvgIpc) is 2.76. The Morgan fingerprint density at radius 3 is 2.94 bits per heavy atom. The molecule has 3 aromatic rings. The van der Waals surface area contributed by atoms with Crippen LogP contribution in [-0.4, -0.2) is 10.2 Å². The van der Waals surface area contributed by atoms with Gasteiger partial charge in [-0.1, -0.05) is 18.2 Å². The zero-order valence-electron chi connectivity index (χ0n) is 9.23. The second-order valence-electron chi connectivity index (χ2n) is 3.90. The van der Waals surface area contributed by atoms with Gasteiger partial charge in [0.25, 0.3) is 5.56 Å². The van der Waals surface area contributed by atoms with Crippen LogP contribution >= 0.6 is 11.3 Å². The highest BCUT2D eigenvalue weighted by Gasteiger charge is 2.09. The van der Waals surface area contributed by atoms with Crippen LogP contribution < -0.4 is 5.56 Å². The Morgan fingerprint density at radius 1 is 1.24 bits per heavy atom. The van der Waals surface area contributed by atoms with E-state index in [1.165, 1.54) is 4.70 Å². The fourth-order valence-corrected chi connectivity index (χ4v) is 2.85. The van der Waals surface area contributed by atoms with E-state index in [0.29, 0.717) is 5.56 Å². The zero-order chi connectivity index (χ0) is 11.8. The van der Waals surface area contributed by atoms with Crippen LogP contribution in [0.4, 0.5) is 0 Å². The minimum atomic E-state index is -0.140. The molecule has 0 aliphatic rings. The van der Waals surface area contributed by atoms with E-state index in [4.69, 9.17) is 0 Å². The molecule has 3 rings (SSSR count). The Morgan fingerprint density at radius 2 is 2.06 bits per heavy atom. The molecule has 0 radical (unpaired) electrons. The second kappa shape index (κ2) is 3.82. The van der Waals surface area contributed by atoms with Crippen LogP contribution in [0.1, 0.15) is 5.69 Å². The molecule has 0 spiro atoms. The van der Waals surface area contributed by atoms with Gasteiger partial charge in [0.1, 0.15) is 0 Å². The molecular weight excluding hydrogens is 232 g/mol. The lowest BCUT2D eigenvalue weighted by atomic mass is 10.1. The van der Waals surface area contributed by atoms with Crippen LogP contribution in [-0.2, 0) is 0 Å². The summed E-state index contributed by atoms with van der Waals surface area (Å²) in [6.07, 6.45) is 0. The first kappa shape index (κ1) is 10.2. The number of hydrogen-bond donors (Lipinski definition) is 1. The molecule has 0 fully saturated rings. The average molecular weight is 242 g/mol. The molecule has 0 unspecified atom stereocenters. The summed E-state index contributed by atoms with van der Waals surface area (Å²) in [5.74, 6) is 0. The van der Waals surface area contributed by atoms with Gasteiger partial charge in [0, 0.05) is 21.0 Å². The number of H-pyrrole nitrogens is 1. The van der Waals surface area contributed by atoms with E-state index in [2.05, 4.69) is 16.3 Å². The molecule has 0 bridgehead atoms. The molecule has 84 valence electrons. The van der Waals surface area contributed by atoms with E-state index < -0.39 is 0 Å². The largest absolute Gasteiger partial charge is 0.272 e. The monoisotopic (exact) mass is 242 g/mol. The Labute approximate surface area is 102 Å². The van der Waals surface area contributed by atoms with Crippen molar-refractivity contribution in [2.45, 2.75) is 6.92 Å². The van der Waals surface area contributed by atoms with Gasteiger partial charge < -0.3 is 0 Å². The standard InChI is InChI=1S/C13H10N2OS/c1-8-6-10(13(16)15-14-8)11-7-17-12-5-3-2-4-9(11)12/h2-7H,1H3,(H,15,16). The van der Waals surface area contributed by atoms with Crippen LogP contribution in [0.15, 0.2) is 40.5 Å². The van der Waals surface area contributed by atoms with Gasteiger partial charge in [-0.05, 0) is 19.1 Å². The van der Waals surface area contributed by atoms with Gasteiger partial charge in [-0.15, -0.1) is 11.3 Å². The smallest absolute Gasteiger partial charge is 0.267 e. The van der Waals surface area contributed by atoms with Crippen LogP contribution in [0.3, 0.4) is 0 Å². The summed E-state index contributed by atoms with van der Waals surface area (Å²) >= 11 is 1.65. The van der Waals surface area contributed by atoms with Crippen molar-refractivity contribution in [3.8, 4) is 11.1 Å². The van der Waals surface area contributed by atoms with E-state index in [1.807, 2.05) is 36.6 Å². The summed E-state index contributed by atoms with van der Waals surface area (Å²) in [7, 11) is 0. The summed E-state index contributed by atoms with van der Waals surface area (Å²) in [6.45, 7) is 1.87. The van der Waals surface area contributed by atoms with E-state index in [0.717, 1.165) is 16.6 Å². The maximum Gasteiger partial charge on any atom is 0.272 e. The Hall–Kier alpha value is -1.94. The normalized spacial score (nSPS) is 10.9. The van der Waals surface area contributed by atoms with Crippen LogP contribution in [0.25, 0.3) is 21.2 Å². The topological polar surface area (TPSA) is 45.8 Å². The quantitative estimate of drug-likeness (QED) is 0.713. The third-order valence-electron chi connectivity index (χ3n) is 2.70. The molecule has 3 nitrogen and oxygen atoms in total. The number of benzene rings is 1. The first-order valence-corrected chi connectivity index (χ1v) is 6.16. The predicted octanol–water partition coefficient (Wildman–Crippen LogP) is 2.96. The molecule has 0 saturated heterocycles. The van der Waals surface area contributed by atoms with Crippen LogP contribution in [0, 0.1) is 6.92 Å². The van der Waals surface area contributed by atoms with Gasteiger partial charge in [0.2, 0.25) is 0 Å². The van der Waals surface area contributed by atoms with Gasteiger partial charge >= 0.3 is 0 Å². The summed E-state index contributed by atoms with van der Waals surface area (Å²) in [5.41, 5.74) is 2.35. The Balaban J connectivity index is 2.35. The SMILES string of the molecule is Cc1cc(-c2csc3ccccc23)c(=O)[nH]n1. The Bertz CT molecular complexity index is 742. The molecular formula is C13H10N2OS. The molecule has 2 heterocycles. The first-order chi connectivity index (χ1) is 8.25. The van der Waals surface area contributed by atoms with E-state index in [-0.39, 0.29) is 5.56 Å². The number of aromatic amines is 1. The zero-order valence-corrected chi connectivity index (χ0v) is 10.0. The lowest BCUT2D eigenvalue weighted by molar-refractivity contribution is 0.949.